The van der Waals surface area contributed by atoms with E-state index in [1.54, 1.807) is 7.11 Å². The molecule has 0 amide bonds. The summed E-state index contributed by atoms with van der Waals surface area (Å²) in [7, 11) is 1.73. The lowest BCUT2D eigenvalue weighted by Gasteiger charge is -2.13. The van der Waals surface area contributed by atoms with Gasteiger partial charge in [-0.25, -0.2) is 4.98 Å². The fraction of sp³-hybridized carbons (Fsp3) is 0.583. The number of hydrogen-bond acceptors (Lipinski definition) is 3. The van der Waals surface area contributed by atoms with Crippen molar-refractivity contribution in [1.82, 2.24) is 9.55 Å². The number of nitrogens with zero attached hydrogens (tertiary/aromatic N) is 2. The molecule has 0 radical (unpaired) electrons. The van der Waals surface area contributed by atoms with Crippen molar-refractivity contribution in [2.45, 2.75) is 20.4 Å². The van der Waals surface area contributed by atoms with Crippen molar-refractivity contribution in [3.05, 3.63) is 24.5 Å². The fourth-order valence-corrected chi connectivity index (χ4v) is 1.66. The van der Waals surface area contributed by atoms with E-state index in [9.17, 15) is 0 Å². The third-order valence-corrected chi connectivity index (χ3v) is 2.26. The van der Waals surface area contributed by atoms with Crippen LogP contribution in [0.5, 0.6) is 0 Å². The van der Waals surface area contributed by atoms with Crippen molar-refractivity contribution in [3.8, 4) is 0 Å². The lowest BCUT2D eigenvalue weighted by Crippen LogP contribution is -2.15. The average molecular weight is 223 g/mol. The first kappa shape index (κ1) is 12.8. The molecular weight excluding hydrogens is 202 g/mol. The van der Waals surface area contributed by atoms with Gasteiger partial charge in [-0.3, -0.25) is 0 Å². The number of anilines is 1. The number of ether oxygens (including phenoxy) is 1. The molecule has 0 aromatic carbocycles. The van der Waals surface area contributed by atoms with E-state index in [4.69, 9.17) is 4.74 Å². The number of aryl methyl sites for hydroxylation is 1. The van der Waals surface area contributed by atoms with Gasteiger partial charge >= 0.3 is 0 Å². The molecule has 1 heterocycles. The molecule has 0 aliphatic rings. The standard InChI is InChI=1S/C12H21N3O/c1-5-6-13-12-14-11(3)8-15(12)7-10(2)9-16-4/h5,8,10H,1,6-7,9H2,2-4H3,(H,13,14). The van der Waals surface area contributed by atoms with Crippen LogP contribution >= 0.6 is 0 Å². The molecule has 0 saturated heterocycles. The molecule has 1 N–H and O–H groups in total. The van der Waals surface area contributed by atoms with Crippen molar-refractivity contribution >= 4 is 5.95 Å². The minimum absolute atomic E-state index is 0.475. The number of methoxy groups -OCH3 is 1. The second-order valence-electron chi connectivity index (χ2n) is 4.09. The Labute approximate surface area is 97.3 Å². The molecule has 1 aromatic rings. The van der Waals surface area contributed by atoms with Crippen LogP contribution in [-0.4, -0.2) is 29.8 Å². The van der Waals surface area contributed by atoms with Crippen molar-refractivity contribution in [3.63, 3.8) is 0 Å². The van der Waals surface area contributed by atoms with Crippen LogP contribution in [-0.2, 0) is 11.3 Å². The smallest absolute Gasteiger partial charge is 0.203 e. The summed E-state index contributed by atoms with van der Waals surface area (Å²) in [4.78, 5) is 4.42. The Kier molecular flexibility index (Phi) is 5.05. The minimum Gasteiger partial charge on any atom is -0.384 e. The molecule has 1 rings (SSSR count). The van der Waals surface area contributed by atoms with E-state index < -0.39 is 0 Å². The van der Waals surface area contributed by atoms with E-state index in [-0.39, 0.29) is 0 Å². The van der Waals surface area contributed by atoms with E-state index in [1.165, 1.54) is 0 Å². The predicted octanol–water partition coefficient (Wildman–Crippen LogP) is 2.07. The van der Waals surface area contributed by atoms with Crippen molar-refractivity contribution in [2.24, 2.45) is 5.92 Å². The van der Waals surface area contributed by atoms with E-state index in [0.717, 1.165) is 31.3 Å². The molecule has 16 heavy (non-hydrogen) atoms. The summed E-state index contributed by atoms with van der Waals surface area (Å²) in [6, 6.07) is 0. The molecule has 4 nitrogen and oxygen atoms in total. The van der Waals surface area contributed by atoms with Crippen LogP contribution in [0.3, 0.4) is 0 Å². The molecule has 0 fully saturated rings. The van der Waals surface area contributed by atoms with Crippen molar-refractivity contribution in [1.29, 1.82) is 0 Å². The quantitative estimate of drug-likeness (QED) is 0.719. The van der Waals surface area contributed by atoms with Gasteiger partial charge in [-0.15, -0.1) is 6.58 Å². The molecule has 90 valence electrons. The van der Waals surface area contributed by atoms with E-state index in [0.29, 0.717) is 5.92 Å². The zero-order chi connectivity index (χ0) is 12.0. The number of rotatable bonds is 7. The molecule has 0 spiro atoms. The van der Waals surface area contributed by atoms with E-state index >= 15 is 0 Å². The molecule has 0 aliphatic heterocycles. The molecule has 0 saturated carbocycles. The molecule has 4 heteroatoms. The van der Waals surface area contributed by atoms with Gasteiger partial charge in [0, 0.05) is 26.4 Å². The monoisotopic (exact) mass is 223 g/mol. The predicted molar refractivity (Wildman–Crippen MR) is 66.7 cm³/mol. The lowest BCUT2D eigenvalue weighted by molar-refractivity contribution is 0.151. The Morgan fingerprint density at radius 3 is 3.06 bits per heavy atom. The van der Waals surface area contributed by atoms with Crippen LogP contribution in [0.2, 0.25) is 0 Å². The van der Waals surface area contributed by atoms with Crippen LogP contribution in [0, 0.1) is 12.8 Å². The normalized spacial score (nSPS) is 12.4. The number of nitrogens with one attached hydrogen (secondary N) is 1. The van der Waals surface area contributed by atoms with Gasteiger partial charge in [-0.05, 0) is 12.8 Å². The van der Waals surface area contributed by atoms with Crippen LogP contribution in [0.1, 0.15) is 12.6 Å². The second-order valence-corrected chi connectivity index (χ2v) is 4.09. The molecule has 0 bridgehead atoms. The van der Waals surface area contributed by atoms with Gasteiger partial charge in [0.05, 0.1) is 12.3 Å². The zero-order valence-corrected chi connectivity index (χ0v) is 10.4. The van der Waals surface area contributed by atoms with Crippen LogP contribution in [0.4, 0.5) is 5.95 Å². The Morgan fingerprint density at radius 2 is 2.44 bits per heavy atom. The van der Waals surface area contributed by atoms with E-state index in [1.807, 2.05) is 13.0 Å². The van der Waals surface area contributed by atoms with Crippen LogP contribution < -0.4 is 5.32 Å². The third-order valence-electron chi connectivity index (χ3n) is 2.26. The molecule has 1 unspecified atom stereocenters. The second kappa shape index (κ2) is 6.33. The highest BCUT2D eigenvalue weighted by molar-refractivity contribution is 5.29. The highest BCUT2D eigenvalue weighted by Gasteiger charge is 2.08. The Hall–Kier alpha value is -1.29. The summed E-state index contributed by atoms with van der Waals surface area (Å²) in [6.07, 6.45) is 3.88. The van der Waals surface area contributed by atoms with Crippen LogP contribution in [0.25, 0.3) is 0 Å². The average Bonchev–Trinajstić information content (AvgIpc) is 2.56. The molecule has 0 aliphatic carbocycles. The van der Waals surface area contributed by atoms with Gasteiger partial charge in [0.15, 0.2) is 0 Å². The molecule has 1 atom stereocenters. The highest BCUT2D eigenvalue weighted by atomic mass is 16.5. The first-order chi connectivity index (χ1) is 7.67. The number of imidazole rings is 1. The maximum atomic E-state index is 5.13. The van der Waals surface area contributed by atoms with Gasteiger partial charge in [0.1, 0.15) is 0 Å². The summed E-state index contributed by atoms with van der Waals surface area (Å²) < 4.78 is 7.26. The topological polar surface area (TPSA) is 39.1 Å². The largest absolute Gasteiger partial charge is 0.384 e. The summed E-state index contributed by atoms with van der Waals surface area (Å²) in [5.74, 6) is 1.38. The zero-order valence-electron chi connectivity index (χ0n) is 10.4. The summed E-state index contributed by atoms with van der Waals surface area (Å²) in [5, 5.41) is 3.22. The Bertz CT molecular complexity index is 333. The maximum Gasteiger partial charge on any atom is 0.203 e. The van der Waals surface area contributed by atoms with Gasteiger partial charge in [-0.1, -0.05) is 13.0 Å². The number of aromatic nitrogens is 2. The third kappa shape index (κ3) is 3.70. The van der Waals surface area contributed by atoms with Gasteiger partial charge < -0.3 is 14.6 Å². The first-order valence-electron chi connectivity index (χ1n) is 5.54. The van der Waals surface area contributed by atoms with Gasteiger partial charge in [0.25, 0.3) is 0 Å². The summed E-state index contributed by atoms with van der Waals surface area (Å²) in [6.45, 7) is 10.2. The first-order valence-corrected chi connectivity index (χ1v) is 5.54. The van der Waals surface area contributed by atoms with Gasteiger partial charge in [-0.2, -0.15) is 0 Å². The lowest BCUT2D eigenvalue weighted by atomic mass is 10.2. The minimum atomic E-state index is 0.475. The molecular formula is C12H21N3O. The fourth-order valence-electron chi connectivity index (χ4n) is 1.66. The summed E-state index contributed by atoms with van der Waals surface area (Å²) >= 11 is 0. The van der Waals surface area contributed by atoms with Crippen molar-refractivity contribution in [2.75, 3.05) is 25.6 Å². The Morgan fingerprint density at radius 1 is 1.69 bits per heavy atom. The van der Waals surface area contributed by atoms with Crippen LogP contribution in [0.15, 0.2) is 18.9 Å². The highest BCUT2D eigenvalue weighted by Crippen LogP contribution is 2.11. The molecule has 1 aromatic heterocycles. The van der Waals surface area contributed by atoms with Crippen molar-refractivity contribution < 1.29 is 4.74 Å². The SMILES string of the molecule is C=CCNc1nc(C)cn1CC(C)COC. The maximum absolute atomic E-state index is 5.13. The van der Waals surface area contributed by atoms with Gasteiger partial charge in [0.2, 0.25) is 5.95 Å². The van der Waals surface area contributed by atoms with E-state index in [2.05, 4.69) is 34.6 Å². The summed E-state index contributed by atoms with van der Waals surface area (Å²) in [5.41, 5.74) is 1.02. The Balaban J connectivity index is 2.65. The number of hydrogen-bond donors (Lipinski definition) is 1.